The Morgan fingerprint density at radius 2 is 1.33 bits per heavy atom. The lowest BCUT2D eigenvalue weighted by Crippen LogP contribution is -2.65. The maximum absolute atomic E-state index is 13.5. The molecular formula is C30H36O16. The molecule has 0 bridgehead atoms. The summed E-state index contributed by atoms with van der Waals surface area (Å²) in [5.41, 5.74) is 0.417. The zero-order chi connectivity index (χ0) is 33.3. The SMILES string of the molecule is COc1ccc(-c2coc3cc(O[C@@H]4O[C@H](CO)[C@@H](O)[C@H](O[C@H]5O[C@@H](CO)[C@H](O)[C@@H](O)[C@@H]5O)[C@@H]4O)c(OC)cc3c2=O)cc1OC. The topological polar surface area (TPSA) is 236 Å². The molecule has 2 aliphatic heterocycles. The van der Waals surface area contributed by atoms with Gasteiger partial charge in [0.2, 0.25) is 11.7 Å². The van der Waals surface area contributed by atoms with Crippen molar-refractivity contribution < 1.29 is 73.3 Å². The Balaban J connectivity index is 1.43. The van der Waals surface area contributed by atoms with E-state index in [1.165, 1.54) is 39.7 Å². The molecule has 3 aromatic rings. The predicted molar refractivity (Wildman–Crippen MR) is 155 cm³/mol. The standard InChI is InChI=1S/C30H36O16/c1-39-15-5-4-12(6-17(15)40-2)14-11-42-16-8-19(18(41-3)7-13(16)22(14)33)43-30-27(38)28(24(35)21(10-32)45-30)46-29-26(37)25(36)23(34)20(9-31)44-29/h4-8,11,20-21,23-32,34-38H,9-10H2,1-3H3/t20-,21+,23-,24+,25+,26-,27-,28-,29+,30+/m0/s1. The Kier molecular flexibility index (Phi) is 10.3. The summed E-state index contributed by atoms with van der Waals surface area (Å²) in [5, 5.41) is 72.0. The Morgan fingerprint density at radius 3 is 1.98 bits per heavy atom. The molecule has 1 aromatic heterocycles. The zero-order valence-corrected chi connectivity index (χ0v) is 25.0. The lowest BCUT2D eigenvalue weighted by Gasteiger charge is -2.45. The van der Waals surface area contributed by atoms with Crippen LogP contribution in [0.5, 0.6) is 23.0 Å². The second kappa shape index (κ2) is 14.1. The number of hydrogen-bond donors (Lipinski definition) is 7. The van der Waals surface area contributed by atoms with Gasteiger partial charge in [0, 0.05) is 6.07 Å². The van der Waals surface area contributed by atoms with E-state index in [4.69, 9.17) is 37.6 Å². The van der Waals surface area contributed by atoms with Crippen LogP contribution in [0.4, 0.5) is 0 Å². The molecule has 0 spiro atoms. The Hall–Kier alpha value is -3.55. The number of aliphatic hydroxyl groups is 7. The first-order valence-corrected chi connectivity index (χ1v) is 14.2. The smallest absolute Gasteiger partial charge is 0.229 e. The van der Waals surface area contributed by atoms with E-state index in [2.05, 4.69) is 0 Å². The van der Waals surface area contributed by atoms with Crippen LogP contribution in [0, 0.1) is 0 Å². The van der Waals surface area contributed by atoms with Crippen LogP contribution < -0.4 is 24.4 Å². The van der Waals surface area contributed by atoms with Crippen molar-refractivity contribution in [3.05, 3.63) is 46.8 Å². The van der Waals surface area contributed by atoms with Crippen LogP contribution in [0.25, 0.3) is 22.1 Å². The molecule has 0 amide bonds. The van der Waals surface area contributed by atoms with Gasteiger partial charge in [-0.25, -0.2) is 0 Å². The van der Waals surface area contributed by atoms with Crippen molar-refractivity contribution in [2.45, 2.75) is 61.4 Å². The minimum Gasteiger partial charge on any atom is -0.493 e. The van der Waals surface area contributed by atoms with Crippen molar-refractivity contribution in [3.8, 4) is 34.1 Å². The monoisotopic (exact) mass is 652 g/mol. The molecule has 2 fully saturated rings. The predicted octanol–water partition coefficient (Wildman–Crippen LogP) is -1.51. The molecule has 46 heavy (non-hydrogen) atoms. The molecule has 3 heterocycles. The second-order valence-corrected chi connectivity index (χ2v) is 10.7. The summed E-state index contributed by atoms with van der Waals surface area (Å²) in [6, 6.07) is 7.65. The van der Waals surface area contributed by atoms with Crippen LogP contribution in [0.2, 0.25) is 0 Å². The van der Waals surface area contributed by atoms with E-state index in [9.17, 15) is 40.5 Å². The maximum atomic E-state index is 13.5. The zero-order valence-electron chi connectivity index (χ0n) is 25.0. The van der Waals surface area contributed by atoms with Gasteiger partial charge < -0.3 is 73.3 Å². The summed E-state index contributed by atoms with van der Waals surface area (Å²) in [6.07, 6.45) is -15.2. The van der Waals surface area contributed by atoms with E-state index >= 15 is 0 Å². The highest BCUT2D eigenvalue weighted by Crippen LogP contribution is 2.37. The molecular weight excluding hydrogens is 616 g/mol. The molecule has 16 nitrogen and oxygen atoms in total. The van der Waals surface area contributed by atoms with Gasteiger partial charge in [0.25, 0.3) is 0 Å². The van der Waals surface area contributed by atoms with E-state index in [1.54, 1.807) is 18.2 Å². The number of methoxy groups -OCH3 is 3. The normalized spacial score (nSPS) is 31.4. The van der Waals surface area contributed by atoms with Crippen molar-refractivity contribution >= 4 is 11.0 Å². The van der Waals surface area contributed by atoms with Gasteiger partial charge in [-0.1, -0.05) is 6.07 Å². The molecule has 5 rings (SSSR count). The summed E-state index contributed by atoms with van der Waals surface area (Å²) in [5.74, 6) is 0.870. The van der Waals surface area contributed by atoms with Crippen molar-refractivity contribution in [2.75, 3.05) is 34.5 Å². The van der Waals surface area contributed by atoms with Crippen LogP contribution >= 0.6 is 0 Å². The van der Waals surface area contributed by atoms with Gasteiger partial charge in [0.1, 0.15) is 60.7 Å². The average molecular weight is 653 g/mol. The molecule has 252 valence electrons. The van der Waals surface area contributed by atoms with Crippen LogP contribution in [-0.2, 0) is 14.2 Å². The highest BCUT2D eigenvalue weighted by atomic mass is 16.7. The molecule has 2 saturated heterocycles. The number of aliphatic hydroxyl groups excluding tert-OH is 7. The summed E-state index contributed by atoms with van der Waals surface area (Å²) in [6.45, 7) is -1.48. The van der Waals surface area contributed by atoms with Crippen molar-refractivity contribution in [2.24, 2.45) is 0 Å². The van der Waals surface area contributed by atoms with Gasteiger partial charge in [0.15, 0.2) is 29.3 Å². The fourth-order valence-corrected chi connectivity index (χ4v) is 5.36. The molecule has 0 unspecified atom stereocenters. The molecule has 2 aromatic carbocycles. The highest BCUT2D eigenvalue weighted by molar-refractivity contribution is 5.85. The van der Waals surface area contributed by atoms with E-state index < -0.39 is 80.1 Å². The van der Waals surface area contributed by atoms with Crippen LogP contribution in [0.15, 0.2) is 45.8 Å². The molecule has 16 heteroatoms. The minimum atomic E-state index is -1.83. The third-order valence-electron chi connectivity index (χ3n) is 7.96. The number of rotatable bonds is 10. The van der Waals surface area contributed by atoms with Gasteiger partial charge in [-0.15, -0.1) is 0 Å². The van der Waals surface area contributed by atoms with E-state index in [0.717, 1.165) is 0 Å². The van der Waals surface area contributed by atoms with Crippen LogP contribution in [0.1, 0.15) is 0 Å². The first kappa shape index (κ1) is 33.8. The van der Waals surface area contributed by atoms with Crippen molar-refractivity contribution in [1.29, 1.82) is 0 Å². The van der Waals surface area contributed by atoms with E-state index in [-0.39, 0.29) is 28.0 Å². The maximum Gasteiger partial charge on any atom is 0.229 e. The highest BCUT2D eigenvalue weighted by Gasteiger charge is 2.51. The molecule has 0 aliphatic carbocycles. The minimum absolute atomic E-state index is 0.0399. The third kappa shape index (κ3) is 6.24. The third-order valence-corrected chi connectivity index (χ3v) is 7.96. The Bertz CT molecular complexity index is 1560. The largest absolute Gasteiger partial charge is 0.493 e. The fraction of sp³-hybridized carbons (Fsp3) is 0.500. The van der Waals surface area contributed by atoms with Crippen LogP contribution in [-0.4, -0.2) is 132 Å². The quantitative estimate of drug-likeness (QED) is 0.132. The molecule has 0 saturated carbocycles. The summed E-state index contributed by atoms with van der Waals surface area (Å²) in [4.78, 5) is 13.5. The van der Waals surface area contributed by atoms with Crippen LogP contribution in [0.3, 0.4) is 0 Å². The molecule has 2 aliphatic rings. The lowest BCUT2D eigenvalue weighted by atomic mass is 9.97. The van der Waals surface area contributed by atoms with Gasteiger partial charge in [0.05, 0.1) is 45.5 Å². The van der Waals surface area contributed by atoms with E-state index in [0.29, 0.717) is 17.1 Å². The number of benzene rings is 2. The Labute approximate surface area is 261 Å². The fourth-order valence-electron chi connectivity index (χ4n) is 5.36. The average Bonchev–Trinajstić information content (AvgIpc) is 3.07. The number of hydrogen-bond acceptors (Lipinski definition) is 16. The molecule has 0 radical (unpaired) electrons. The van der Waals surface area contributed by atoms with Gasteiger partial charge in [-0.3, -0.25) is 4.79 Å². The van der Waals surface area contributed by atoms with Gasteiger partial charge in [-0.2, -0.15) is 0 Å². The first-order valence-electron chi connectivity index (χ1n) is 14.2. The van der Waals surface area contributed by atoms with Gasteiger partial charge in [-0.05, 0) is 23.8 Å². The lowest BCUT2D eigenvalue weighted by molar-refractivity contribution is -0.352. The van der Waals surface area contributed by atoms with Crippen molar-refractivity contribution in [1.82, 2.24) is 0 Å². The van der Waals surface area contributed by atoms with Gasteiger partial charge >= 0.3 is 0 Å². The second-order valence-electron chi connectivity index (χ2n) is 10.7. The number of fused-ring (bicyclic) bond motifs is 1. The number of ether oxygens (including phenoxy) is 7. The Morgan fingerprint density at radius 1 is 0.696 bits per heavy atom. The summed E-state index contributed by atoms with van der Waals surface area (Å²) < 4.78 is 44.2. The van der Waals surface area contributed by atoms with E-state index in [1.807, 2.05) is 0 Å². The van der Waals surface area contributed by atoms with Crippen molar-refractivity contribution in [3.63, 3.8) is 0 Å². The molecule has 10 atom stereocenters. The first-order chi connectivity index (χ1) is 22.1. The molecule has 7 N–H and O–H groups in total. The summed E-state index contributed by atoms with van der Waals surface area (Å²) >= 11 is 0. The summed E-state index contributed by atoms with van der Waals surface area (Å²) in [7, 11) is 4.28.